The van der Waals surface area contributed by atoms with Crippen molar-refractivity contribution >= 4 is 11.7 Å². The number of hydrazone groups is 1. The van der Waals surface area contributed by atoms with Crippen LogP contribution in [0.1, 0.15) is 30.4 Å². The summed E-state index contributed by atoms with van der Waals surface area (Å²) >= 11 is 0. The third kappa shape index (κ3) is 5.63. The first-order valence-electron chi connectivity index (χ1n) is 11.8. The van der Waals surface area contributed by atoms with Crippen molar-refractivity contribution in [2.45, 2.75) is 44.4 Å². The van der Waals surface area contributed by atoms with Gasteiger partial charge in [0.05, 0.1) is 30.9 Å². The first kappa shape index (κ1) is 23.1. The molecule has 2 fully saturated rings. The molecular weight excluding hydrogens is 412 g/mol. The van der Waals surface area contributed by atoms with E-state index in [1.165, 1.54) is 0 Å². The number of rotatable bonds is 9. The second kappa shape index (κ2) is 11.1. The zero-order chi connectivity index (χ0) is 23.0. The highest BCUT2D eigenvalue weighted by atomic mass is 16.5. The number of hydrogen-bond donors (Lipinski definition) is 0. The number of urea groups is 1. The molecule has 33 heavy (non-hydrogen) atoms. The number of methoxy groups -OCH3 is 1. The Morgan fingerprint density at radius 1 is 1.06 bits per heavy atom. The number of carbonyl (C=O) groups excluding carboxylic acids is 1. The van der Waals surface area contributed by atoms with Crippen molar-refractivity contribution < 1.29 is 9.53 Å². The SMILES string of the molecule is C=CCC1C(=NN2CCCC2COC)CN(Cc2ccccc2)C(=O)N1Cc1ccccc1. The molecule has 6 nitrogen and oxygen atoms in total. The van der Waals surface area contributed by atoms with Crippen LogP contribution in [0.4, 0.5) is 4.79 Å². The van der Waals surface area contributed by atoms with Gasteiger partial charge in [0.25, 0.3) is 0 Å². The minimum Gasteiger partial charge on any atom is -0.382 e. The predicted molar refractivity (Wildman–Crippen MR) is 132 cm³/mol. The zero-order valence-corrected chi connectivity index (χ0v) is 19.5. The highest BCUT2D eigenvalue weighted by Gasteiger charge is 2.38. The fourth-order valence-electron chi connectivity index (χ4n) is 4.75. The van der Waals surface area contributed by atoms with Gasteiger partial charge < -0.3 is 14.5 Å². The molecule has 2 aromatic rings. The molecule has 0 saturated carbocycles. The molecular formula is C27H34N4O2. The average Bonchev–Trinajstić information content (AvgIpc) is 3.27. The van der Waals surface area contributed by atoms with E-state index in [0.29, 0.717) is 32.7 Å². The van der Waals surface area contributed by atoms with Crippen LogP contribution in [0.25, 0.3) is 0 Å². The molecule has 2 unspecified atom stereocenters. The summed E-state index contributed by atoms with van der Waals surface area (Å²) in [6, 6.07) is 20.6. The van der Waals surface area contributed by atoms with Gasteiger partial charge in [-0.15, -0.1) is 6.58 Å². The van der Waals surface area contributed by atoms with E-state index in [-0.39, 0.29) is 18.1 Å². The van der Waals surface area contributed by atoms with Crippen molar-refractivity contribution in [1.82, 2.24) is 14.8 Å². The molecule has 2 saturated heterocycles. The van der Waals surface area contributed by atoms with E-state index in [9.17, 15) is 4.79 Å². The summed E-state index contributed by atoms with van der Waals surface area (Å²) < 4.78 is 5.43. The Morgan fingerprint density at radius 3 is 2.36 bits per heavy atom. The van der Waals surface area contributed by atoms with Crippen molar-refractivity contribution in [2.75, 3.05) is 26.8 Å². The molecule has 6 heteroatoms. The van der Waals surface area contributed by atoms with Gasteiger partial charge in [0.1, 0.15) is 0 Å². The Kier molecular flexibility index (Phi) is 7.79. The van der Waals surface area contributed by atoms with Crippen LogP contribution < -0.4 is 0 Å². The molecule has 2 aliphatic heterocycles. The molecule has 0 bridgehead atoms. The van der Waals surface area contributed by atoms with Crippen molar-refractivity contribution in [2.24, 2.45) is 5.10 Å². The van der Waals surface area contributed by atoms with Crippen LogP contribution in [0.2, 0.25) is 0 Å². The van der Waals surface area contributed by atoms with Crippen molar-refractivity contribution in [3.8, 4) is 0 Å². The lowest BCUT2D eigenvalue weighted by molar-refractivity contribution is 0.112. The summed E-state index contributed by atoms with van der Waals surface area (Å²) in [6.45, 7) is 7.20. The van der Waals surface area contributed by atoms with E-state index in [4.69, 9.17) is 9.84 Å². The lowest BCUT2D eigenvalue weighted by Crippen LogP contribution is -2.59. The molecule has 2 atom stereocenters. The summed E-state index contributed by atoms with van der Waals surface area (Å²) in [4.78, 5) is 17.6. The summed E-state index contributed by atoms with van der Waals surface area (Å²) in [7, 11) is 1.74. The van der Waals surface area contributed by atoms with Gasteiger partial charge in [-0.05, 0) is 30.4 Å². The van der Waals surface area contributed by atoms with Gasteiger partial charge in [-0.25, -0.2) is 4.79 Å². The standard InChI is InChI=1S/C27H34N4O2/c1-3-11-26-25(28-31-17-10-16-24(31)21-33-2)20-29(18-22-12-6-4-7-13-22)27(32)30(26)19-23-14-8-5-9-15-23/h3-9,12-15,24,26H,1,10-11,16-21H2,2H3. The number of hydrogen-bond acceptors (Lipinski definition) is 4. The zero-order valence-electron chi connectivity index (χ0n) is 19.5. The Balaban J connectivity index is 1.66. The summed E-state index contributed by atoms with van der Waals surface area (Å²) in [5.41, 5.74) is 3.24. The molecule has 0 aliphatic carbocycles. The van der Waals surface area contributed by atoms with Gasteiger partial charge in [-0.2, -0.15) is 5.10 Å². The number of nitrogens with zero attached hydrogens (tertiary/aromatic N) is 4. The minimum atomic E-state index is -0.106. The van der Waals surface area contributed by atoms with Crippen LogP contribution in [0.15, 0.2) is 78.4 Å². The van der Waals surface area contributed by atoms with Crippen LogP contribution in [0.5, 0.6) is 0 Å². The van der Waals surface area contributed by atoms with Crippen LogP contribution >= 0.6 is 0 Å². The van der Waals surface area contributed by atoms with Gasteiger partial charge >= 0.3 is 6.03 Å². The number of amides is 2. The van der Waals surface area contributed by atoms with Gasteiger partial charge in [-0.1, -0.05) is 66.7 Å². The van der Waals surface area contributed by atoms with Crippen molar-refractivity contribution in [1.29, 1.82) is 0 Å². The van der Waals surface area contributed by atoms with E-state index < -0.39 is 0 Å². The van der Waals surface area contributed by atoms with Crippen LogP contribution in [0.3, 0.4) is 0 Å². The molecule has 0 radical (unpaired) electrons. The summed E-state index contributed by atoms with van der Waals surface area (Å²) in [5.74, 6) is 0. The summed E-state index contributed by atoms with van der Waals surface area (Å²) in [6.07, 6.45) is 4.77. The Morgan fingerprint density at radius 2 is 1.73 bits per heavy atom. The highest BCUT2D eigenvalue weighted by molar-refractivity contribution is 5.99. The van der Waals surface area contributed by atoms with Crippen molar-refractivity contribution in [3.63, 3.8) is 0 Å². The van der Waals surface area contributed by atoms with Crippen LogP contribution in [0, 0.1) is 0 Å². The van der Waals surface area contributed by atoms with E-state index in [1.54, 1.807) is 7.11 Å². The Labute approximate surface area is 197 Å². The summed E-state index contributed by atoms with van der Waals surface area (Å²) in [5, 5.41) is 7.31. The van der Waals surface area contributed by atoms with Crippen LogP contribution in [-0.2, 0) is 17.8 Å². The first-order chi connectivity index (χ1) is 16.2. The van der Waals surface area contributed by atoms with E-state index >= 15 is 0 Å². The number of ether oxygens (including phenoxy) is 1. The topological polar surface area (TPSA) is 48.4 Å². The van der Waals surface area contributed by atoms with Gasteiger partial charge in [0.15, 0.2) is 0 Å². The molecule has 2 aliphatic rings. The third-order valence-electron chi connectivity index (χ3n) is 6.39. The smallest absolute Gasteiger partial charge is 0.321 e. The second-order valence-corrected chi connectivity index (χ2v) is 8.78. The minimum absolute atomic E-state index is 0.0448. The maximum atomic E-state index is 13.7. The monoisotopic (exact) mass is 446 g/mol. The molecule has 174 valence electrons. The normalized spacial score (nSPS) is 22.3. The molecule has 2 heterocycles. The molecule has 2 amide bonds. The maximum Gasteiger partial charge on any atom is 0.321 e. The van der Waals surface area contributed by atoms with E-state index in [0.717, 1.165) is 36.2 Å². The van der Waals surface area contributed by atoms with E-state index in [1.807, 2.05) is 52.3 Å². The largest absolute Gasteiger partial charge is 0.382 e. The fourth-order valence-corrected chi connectivity index (χ4v) is 4.75. The second-order valence-electron chi connectivity index (χ2n) is 8.78. The van der Waals surface area contributed by atoms with Gasteiger partial charge in [0.2, 0.25) is 0 Å². The third-order valence-corrected chi connectivity index (χ3v) is 6.39. The van der Waals surface area contributed by atoms with Gasteiger partial charge in [-0.3, -0.25) is 5.01 Å². The highest BCUT2D eigenvalue weighted by Crippen LogP contribution is 2.25. The molecule has 0 spiro atoms. The van der Waals surface area contributed by atoms with E-state index in [2.05, 4.69) is 35.9 Å². The quantitative estimate of drug-likeness (QED) is 0.532. The molecule has 0 N–H and O–H groups in total. The Hall–Kier alpha value is -3.12. The first-order valence-corrected chi connectivity index (χ1v) is 11.8. The van der Waals surface area contributed by atoms with Gasteiger partial charge in [0, 0.05) is 26.7 Å². The van der Waals surface area contributed by atoms with Crippen molar-refractivity contribution in [3.05, 3.63) is 84.4 Å². The lowest BCUT2D eigenvalue weighted by atomic mass is 10.0. The molecule has 4 rings (SSSR count). The molecule has 2 aromatic carbocycles. The fraction of sp³-hybridized carbons (Fsp3) is 0.407. The Bertz CT molecular complexity index is 947. The number of benzene rings is 2. The number of carbonyl (C=O) groups is 1. The maximum absolute atomic E-state index is 13.7. The molecule has 0 aromatic heterocycles. The van der Waals surface area contributed by atoms with Crippen LogP contribution in [-0.4, -0.2) is 65.4 Å². The predicted octanol–water partition coefficient (Wildman–Crippen LogP) is 4.54. The lowest BCUT2D eigenvalue weighted by Gasteiger charge is -2.43. The average molecular weight is 447 g/mol.